The number of aryl methyl sites for hydroxylation is 1. The lowest BCUT2D eigenvalue weighted by atomic mass is 9.82. The Morgan fingerprint density at radius 3 is 3.15 bits per heavy atom. The number of hydrogen-bond donors (Lipinski definition) is 1. The van der Waals surface area contributed by atoms with Gasteiger partial charge in [0, 0.05) is 37.4 Å². The zero-order valence-electron chi connectivity index (χ0n) is 11.4. The second-order valence-electron chi connectivity index (χ2n) is 5.77. The van der Waals surface area contributed by atoms with E-state index >= 15 is 0 Å². The topological polar surface area (TPSA) is 80.5 Å². The summed E-state index contributed by atoms with van der Waals surface area (Å²) in [5.74, 6) is 0.444. The summed E-state index contributed by atoms with van der Waals surface area (Å²) in [6.07, 6.45) is 4.41. The van der Waals surface area contributed by atoms with Crippen LogP contribution in [0.15, 0.2) is 12.7 Å². The maximum Gasteiger partial charge on any atom is 0.222 e. The average Bonchev–Trinajstić information content (AvgIpc) is 3.13. The first-order valence-electron chi connectivity index (χ1n) is 7.02. The van der Waals surface area contributed by atoms with Crippen molar-refractivity contribution < 1.29 is 14.6 Å². The monoisotopic (exact) mass is 280 g/mol. The van der Waals surface area contributed by atoms with Gasteiger partial charge in [-0.05, 0) is 6.42 Å². The molecule has 110 valence electrons. The Morgan fingerprint density at radius 2 is 2.45 bits per heavy atom. The highest BCUT2D eigenvalue weighted by atomic mass is 16.5. The van der Waals surface area contributed by atoms with Gasteiger partial charge in [0.25, 0.3) is 0 Å². The number of hydrogen-bond acceptors (Lipinski definition) is 5. The molecule has 0 bridgehead atoms. The largest absolute Gasteiger partial charge is 0.396 e. The van der Waals surface area contributed by atoms with Crippen LogP contribution in [0.2, 0.25) is 0 Å². The van der Waals surface area contributed by atoms with E-state index in [-0.39, 0.29) is 23.8 Å². The molecule has 2 aliphatic heterocycles. The van der Waals surface area contributed by atoms with E-state index in [4.69, 9.17) is 4.74 Å². The van der Waals surface area contributed by atoms with Crippen molar-refractivity contribution >= 4 is 5.91 Å². The summed E-state index contributed by atoms with van der Waals surface area (Å²) in [5.41, 5.74) is -0.221. The zero-order valence-corrected chi connectivity index (χ0v) is 11.4. The molecule has 0 unspecified atom stereocenters. The highest BCUT2D eigenvalue weighted by Crippen LogP contribution is 2.40. The molecule has 0 aliphatic carbocycles. The number of aromatic nitrogens is 3. The average molecular weight is 280 g/mol. The van der Waals surface area contributed by atoms with Gasteiger partial charge in [-0.3, -0.25) is 9.48 Å². The Balaban J connectivity index is 1.49. The molecule has 0 spiro atoms. The minimum absolute atomic E-state index is 0.0976. The number of aliphatic hydroxyl groups is 1. The SMILES string of the molecule is O=C(CCCn1cncn1)N1C[C@H]2COC[C@@]2(CO)C1. The smallest absolute Gasteiger partial charge is 0.222 e. The number of aliphatic hydroxyl groups excluding tert-OH is 1. The van der Waals surface area contributed by atoms with Crippen LogP contribution in [0.25, 0.3) is 0 Å². The quantitative estimate of drug-likeness (QED) is 0.788. The van der Waals surface area contributed by atoms with Crippen molar-refractivity contribution in [1.29, 1.82) is 0 Å². The molecular weight excluding hydrogens is 260 g/mol. The molecule has 3 heterocycles. The van der Waals surface area contributed by atoms with E-state index in [1.165, 1.54) is 6.33 Å². The van der Waals surface area contributed by atoms with Crippen molar-refractivity contribution in [2.24, 2.45) is 11.3 Å². The van der Waals surface area contributed by atoms with Crippen molar-refractivity contribution in [2.75, 3.05) is 32.9 Å². The van der Waals surface area contributed by atoms with Crippen LogP contribution in [-0.2, 0) is 16.1 Å². The maximum atomic E-state index is 12.2. The molecule has 0 saturated carbocycles. The van der Waals surface area contributed by atoms with Gasteiger partial charge in [-0.1, -0.05) is 0 Å². The number of rotatable bonds is 5. The van der Waals surface area contributed by atoms with Crippen LogP contribution in [0.4, 0.5) is 0 Å². The molecule has 3 rings (SSSR count). The lowest BCUT2D eigenvalue weighted by Crippen LogP contribution is -2.36. The molecule has 0 radical (unpaired) electrons. The van der Waals surface area contributed by atoms with Crippen molar-refractivity contribution in [2.45, 2.75) is 19.4 Å². The minimum atomic E-state index is -0.221. The van der Waals surface area contributed by atoms with E-state index in [0.717, 1.165) is 6.42 Å². The van der Waals surface area contributed by atoms with Gasteiger partial charge < -0.3 is 14.7 Å². The van der Waals surface area contributed by atoms with Crippen molar-refractivity contribution in [3.05, 3.63) is 12.7 Å². The van der Waals surface area contributed by atoms with Crippen LogP contribution in [0.5, 0.6) is 0 Å². The molecule has 0 aromatic carbocycles. The van der Waals surface area contributed by atoms with Crippen LogP contribution in [0.1, 0.15) is 12.8 Å². The predicted molar refractivity (Wildman–Crippen MR) is 69.7 cm³/mol. The number of nitrogens with zero attached hydrogens (tertiary/aromatic N) is 4. The first-order valence-corrected chi connectivity index (χ1v) is 7.02. The van der Waals surface area contributed by atoms with E-state index in [1.54, 1.807) is 11.0 Å². The van der Waals surface area contributed by atoms with Gasteiger partial charge in [0.15, 0.2) is 0 Å². The van der Waals surface area contributed by atoms with Crippen LogP contribution < -0.4 is 0 Å². The van der Waals surface area contributed by atoms with Crippen molar-refractivity contribution in [3.63, 3.8) is 0 Å². The van der Waals surface area contributed by atoms with Crippen LogP contribution in [0, 0.1) is 11.3 Å². The van der Waals surface area contributed by atoms with Gasteiger partial charge in [0.2, 0.25) is 5.91 Å². The zero-order chi connectivity index (χ0) is 14.0. The normalized spacial score (nSPS) is 28.9. The molecule has 2 atom stereocenters. The highest BCUT2D eigenvalue weighted by molar-refractivity contribution is 5.76. The lowest BCUT2D eigenvalue weighted by Gasteiger charge is -2.24. The van der Waals surface area contributed by atoms with Gasteiger partial charge in [-0.15, -0.1) is 0 Å². The molecule has 20 heavy (non-hydrogen) atoms. The Bertz CT molecular complexity index is 464. The second kappa shape index (κ2) is 5.49. The molecular formula is C13H20N4O3. The van der Waals surface area contributed by atoms with Gasteiger partial charge in [0.1, 0.15) is 12.7 Å². The third kappa shape index (κ3) is 2.43. The molecule has 1 aromatic heterocycles. The number of carbonyl (C=O) groups is 1. The predicted octanol–water partition coefficient (Wildman–Crippen LogP) is -0.474. The maximum absolute atomic E-state index is 12.2. The fraction of sp³-hybridized carbons (Fsp3) is 0.769. The van der Waals surface area contributed by atoms with Gasteiger partial charge in [-0.25, -0.2) is 4.98 Å². The van der Waals surface area contributed by atoms with Gasteiger partial charge in [0.05, 0.1) is 19.8 Å². The van der Waals surface area contributed by atoms with Crippen molar-refractivity contribution in [3.8, 4) is 0 Å². The summed E-state index contributed by atoms with van der Waals surface area (Å²) in [6, 6.07) is 0. The molecule has 7 heteroatoms. The Hall–Kier alpha value is -1.47. The molecule has 2 aliphatic rings. The first kappa shape index (κ1) is 13.5. The third-order valence-electron chi connectivity index (χ3n) is 4.43. The van der Waals surface area contributed by atoms with Crippen LogP contribution in [0.3, 0.4) is 0 Å². The molecule has 2 fully saturated rings. The molecule has 1 aromatic rings. The van der Waals surface area contributed by atoms with E-state index in [0.29, 0.717) is 39.3 Å². The van der Waals surface area contributed by atoms with Crippen LogP contribution in [-0.4, -0.2) is 63.6 Å². The highest BCUT2D eigenvalue weighted by Gasteiger charge is 2.51. The first-order chi connectivity index (χ1) is 9.73. The third-order valence-corrected chi connectivity index (χ3v) is 4.43. The van der Waals surface area contributed by atoms with Gasteiger partial charge >= 0.3 is 0 Å². The van der Waals surface area contributed by atoms with E-state index in [9.17, 15) is 9.90 Å². The van der Waals surface area contributed by atoms with E-state index < -0.39 is 0 Å². The number of likely N-dealkylation sites (tertiary alicyclic amines) is 1. The summed E-state index contributed by atoms with van der Waals surface area (Å²) in [6.45, 7) is 3.36. The summed E-state index contributed by atoms with van der Waals surface area (Å²) < 4.78 is 7.18. The van der Waals surface area contributed by atoms with Gasteiger partial charge in [-0.2, -0.15) is 5.10 Å². The molecule has 7 nitrogen and oxygen atoms in total. The summed E-state index contributed by atoms with van der Waals surface area (Å²) in [5, 5.41) is 13.6. The number of amides is 1. The number of ether oxygens (including phenoxy) is 1. The standard InChI is InChI=1S/C13H20N4O3/c18-7-13-6-16(4-11(13)5-20-8-13)12(19)2-1-3-17-10-14-9-15-17/h9-11,18H,1-8H2/t11-,13-/m0/s1. The van der Waals surface area contributed by atoms with Crippen molar-refractivity contribution in [1.82, 2.24) is 19.7 Å². The Labute approximate surface area is 117 Å². The van der Waals surface area contributed by atoms with E-state index in [2.05, 4.69) is 10.1 Å². The van der Waals surface area contributed by atoms with Crippen LogP contribution >= 0.6 is 0 Å². The summed E-state index contributed by atoms with van der Waals surface area (Å²) >= 11 is 0. The number of carbonyl (C=O) groups excluding carboxylic acids is 1. The summed E-state index contributed by atoms with van der Waals surface area (Å²) in [4.78, 5) is 18.0. The Morgan fingerprint density at radius 1 is 1.55 bits per heavy atom. The minimum Gasteiger partial charge on any atom is -0.396 e. The Kier molecular flexibility index (Phi) is 3.71. The molecule has 1 amide bonds. The summed E-state index contributed by atoms with van der Waals surface area (Å²) in [7, 11) is 0. The lowest BCUT2D eigenvalue weighted by molar-refractivity contribution is -0.131. The fourth-order valence-electron chi connectivity index (χ4n) is 3.14. The molecule has 2 saturated heterocycles. The fourth-order valence-corrected chi connectivity index (χ4v) is 3.14. The van der Waals surface area contributed by atoms with E-state index in [1.807, 2.05) is 4.90 Å². The number of fused-ring (bicyclic) bond motifs is 1. The second-order valence-corrected chi connectivity index (χ2v) is 5.77. The molecule has 1 N–H and O–H groups in total.